The lowest BCUT2D eigenvalue weighted by molar-refractivity contribution is 0.0895. The number of carboxylic acid groups (broad SMARTS) is 1. The van der Waals surface area contributed by atoms with E-state index < -0.39 is 6.09 Å². The van der Waals surface area contributed by atoms with Crippen LogP contribution >= 0.6 is 34.8 Å². The van der Waals surface area contributed by atoms with Crippen LogP contribution in [0.25, 0.3) is 0 Å². The van der Waals surface area contributed by atoms with Gasteiger partial charge in [0.25, 0.3) is 0 Å². The highest BCUT2D eigenvalue weighted by atomic mass is 35.5. The second-order valence-corrected chi connectivity index (χ2v) is 5.51. The van der Waals surface area contributed by atoms with Crippen molar-refractivity contribution in [2.45, 2.75) is 18.9 Å². The minimum Gasteiger partial charge on any atom is -0.489 e. The summed E-state index contributed by atoms with van der Waals surface area (Å²) in [4.78, 5) is 12.2. The van der Waals surface area contributed by atoms with E-state index in [1.54, 1.807) is 6.07 Å². The number of amides is 1. The minimum atomic E-state index is -0.897. The van der Waals surface area contributed by atoms with Gasteiger partial charge in [-0.05, 0) is 6.07 Å². The molecule has 1 amide bonds. The lowest BCUT2D eigenvalue weighted by Gasteiger charge is -2.30. The molecule has 7 heteroatoms. The zero-order chi connectivity index (χ0) is 14.0. The second kappa shape index (κ2) is 6.07. The number of benzene rings is 1. The fourth-order valence-electron chi connectivity index (χ4n) is 1.94. The number of piperidine rings is 1. The maximum absolute atomic E-state index is 10.8. The number of carbonyl (C=O) groups is 1. The summed E-state index contributed by atoms with van der Waals surface area (Å²) in [6, 6.07) is 3.11. The number of rotatable bonds is 2. The van der Waals surface area contributed by atoms with Crippen LogP contribution in [0.3, 0.4) is 0 Å². The number of nitrogens with zero attached hydrogens (tertiary/aromatic N) is 1. The van der Waals surface area contributed by atoms with Gasteiger partial charge in [0.15, 0.2) is 0 Å². The maximum atomic E-state index is 10.8. The molecular weight excluding hydrogens is 312 g/mol. The summed E-state index contributed by atoms with van der Waals surface area (Å²) in [5.74, 6) is 0.477. The van der Waals surface area contributed by atoms with E-state index in [2.05, 4.69) is 0 Å². The van der Waals surface area contributed by atoms with Crippen molar-refractivity contribution in [3.8, 4) is 5.75 Å². The molecule has 1 heterocycles. The first kappa shape index (κ1) is 14.6. The van der Waals surface area contributed by atoms with Crippen molar-refractivity contribution < 1.29 is 14.6 Å². The van der Waals surface area contributed by atoms with Crippen LogP contribution in [0, 0.1) is 0 Å². The Kier molecular flexibility index (Phi) is 4.66. The molecule has 1 N–H and O–H groups in total. The van der Waals surface area contributed by atoms with Gasteiger partial charge in [-0.1, -0.05) is 34.8 Å². The highest BCUT2D eigenvalue weighted by molar-refractivity contribution is 6.43. The molecule has 0 unspecified atom stereocenters. The Morgan fingerprint density at radius 2 is 1.74 bits per heavy atom. The maximum Gasteiger partial charge on any atom is 0.407 e. The Bertz CT molecular complexity index is 487. The van der Waals surface area contributed by atoms with E-state index in [1.165, 1.54) is 11.0 Å². The van der Waals surface area contributed by atoms with Crippen molar-refractivity contribution in [3.63, 3.8) is 0 Å². The molecule has 0 bridgehead atoms. The molecule has 1 aromatic carbocycles. The fourth-order valence-corrected chi connectivity index (χ4v) is 2.52. The predicted octanol–water partition coefficient (Wildman–Crippen LogP) is 4.17. The highest BCUT2D eigenvalue weighted by Gasteiger charge is 2.24. The predicted molar refractivity (Wildman–Crippen MR) is 74.7 cm³/mol. The third-order valence-corrected chi connectivity index (χ3v) is 4.00. The monoisotopic (exact) mass is 323 g/mol. The smallest absolute Gasteiger partial charge is 0.407 e. The van der Waals surface area contributed by atoms with Gasteiger partial charge in [-0.2, -0.15) is 0 Å². The van der Waals surface area contributed by atoms with E-state index >= 15 is 0 Å². The van der Waals surface area contributed by atoms with Crippen LogP contribution < -0.4 is 4.74 Å². The Balaban J connectivity index is 1.99. The molecule has 0 saturated carbocycles. The fraction of sp³-hybridized carbons (Fsp3) is 0.417. The Labute approximate surface area is 125 Å². The molecule has 0 radical (unpaired) electrons. The third kappa shape index (κ3) is 3.59. The van der Waals surface area contributed by atoms with Gasteiger partial charge >= 0.3 is 6.09 Å². The molecule has 19 heavy (non-hydrogen) atoms. The molecule has 0 spiro atoms. The summed E-state index contributed by atoms with van der Waals surface area (Å²) in [6.07, 6.45) is 0.294. The van der Waals surface area contributed by atoms with Crippen molar-refractivity contribution in [3.05, 3.63) is 27.2 Å². The molecule has 2 rings (SSSR count). The molecule has 1 saturated heterocycles. The molecule has 1 aliphatic heterocycles. The topological polar surface area (TPSA) is 49.8 Å². The van der Waals surface area contributed by atoms with E-state index in [0.29, 0.717) is 46.7 Å². The lowest BCUT2D eigenvalue weighted by Crippen LogP contribution is -2.41. The van der Waals surface area contributed by atoms with Crippen LogP contribution in [-0.2, 0) is 0 Å². The summed E-state index contributed by atoms with van der Waals surface area (Å²) >= 11 is 17.8. The first-order valence-corrected chi connectivity index (χ1v) is 6.90. The normalized spacial score (nSPS) is 16.5. The van der Waals surface area contributed by atoms with Gasteiger partial charge in [0, 0.05) is 32.0 Å². The Morgan fingerprint density at radius 1 is 1.16 bits per heavy atom. The Hall–Kier alpha value is -0.840. The Morgan fingerprint density at radius 3 is 2.32 bits per heavy atom. The molecule has 1 aliphatic rings. The van der Waals surface area contributed by atoms with Crippen molar-refractivity contribution in [2.75, 3.05) is 13.1 Å². The third-order valence-electron chi connectivity index (χ3n) is 2.98. The highest BCUT2D eigenvalue weighted by Crippen LogP contribution is 2.35. The number of hydrogen-bond acceptors (Lipinski definition) is 2. The van der Waals surface area contributed by atoms with Crippen molar-refractivity contribution in [1.82, 2.24) is 4.90 Å². The molecule has 0 aromatic heterocycles. The lowest BCUT2D eigenvalue weighted by atomic mass is 10.1. The standard InChI is InChI=1S/C12H12Cl3NO3/c13-8-5-10(15)11(6-9(8)14)19-7-1-3-16(4-2-7)12(17)18/h5-7H,1-4H2,(H,17,18). The van der Waals surface area contributed by atoms with Gasteiger partial charge in [-0.25, -0.2) is 4.79 Å². The van der Waals surface area contributed by atoms with E-state index in [4.69, 9.17) is 44.6 Å². The molecule has 1 fully saturated rings. The van der Waals surface area contributed by atoms with E-state index in [1.807, 2.05) is 0 Å². The molecule has 104 valence electrons. The van der Waals surface area contributed by atoms with Crippen LogP contribution in [0.2, 0.25) is 15.1 Å². The summed E-state index contributed by atoms with van der Waals surface area (Å²) in [5, 5.41) is 10.0. The van der Waals surface area contributed by atoms with Gasteiger partial charge in [-0.3, -0.25) is 0 Å². The zero-order valence-corrected chi connectivity index (χ0v) is 12.2. The van der Waals surface area contributed by atoms with Crippen molar-refractivity contribution >= 4 is 40.9 Å². The van der Waals surface area contributed by atoms with E-state index in [0.717, 1.165) is 0 Å². The summed E-state index contributed by atoms with van der Waals surface area (Å²) in [7, 11) is 0. The van der Waals surface area contributed by atoms with Crippen LogP contribution in [0.4, 0.5) is 4.79 Å². The molecular formula is C12H12Cl3NO3. The van der Waals surface area contributed by atoms with Crippen molar-refractivity contribution in [2.24, 2.45) is 0 Å². The number of likely N-dealkylation sites (tertiary alicyclic amines) is 1. The molecule has 1 aromatic rings. The van der Waals surface area contributed by atoms with Crippen molar-refractivity contribution in [1.29, 1.82) is 0 Å². The van der Waals surface area contributed by atoms with Gasteiger partial charge in [0.1, 0.15) is 11.9 Å². The van der Waals surface area contributed by atoms with Crippen LogP contribution in [0.5, 0.6) is 5.75 Å². The zero-order valence-electron chi connectivity index (χ0n) is 9.91. The molecule has 0 atom stereocenters. The van der Waals surface area contributed by atoms with E-state index in [9.17, 15) is 4.79 Å². The second-order valence-electron chi connectivity index (χ2n) is 4.28. The molecule has 0 aliphatic carbocycles. The minimum absolute atomic E-state index is 0.0645. The number of hydrogen-bond donors (Lipinski definition) is 1. The van der Waals surface area contributed by atoms with Crippen LogP contribution in [0.15, 0.2) is 12.1 Å². The van der Waals surface area contributed by atoms with Gasteiger partial charge in [0.05, 0.1) is 15.1 Å². The quantitative estimate of drug-likeness (QED) is 0.831. The van der Waals surface area contributed by atoms with E-state index in [-0.39, 0.29) is 6.10 Å². The summed E-state index contributed by atoms with van der Waals surface area (Å²) in [5.41, 5.74) is 0. The molecule has 4 nitrogen and oxygen atoms in total. The van der Waals surface area contributed by atoms with Crippen LogP contribution in [0.1, 0.15) is 12.8 Å². The average molecular weight is 325 g/mol. The van der Waals surface area contributed by atoms with Gasteiger partial charge < -0.3 is 14.7 Å². The van der Waals surface area contributed by atoms with Gasteiger partial charge in [0.2, 0.25) is 0 Å². The first-order chi connectivity index (χ1) is 8.97. The average Bonchev–Trinajstić information content (AvgIpc) is 2.36. The SMILES string of the molecule is O=C(O)N1CCC(Oc2cc(Cl)c(Cl)cc2Cl)CC1. The summed E-state index contributed by atoms with van der Waals surface area (Å²) in [6.45, 7) is 0.915. The first-order valence-electron chi connectivity index (χ1n) is 5.76. The summed E-state index contributed by atoms with van der Waals surface area (Å²) < 4.78 is 5.76. The van der Waals surface area contributed by atoms with Gasteiger partial charge in [-0.15, -0.1) is 0 Å². The van der Waals surface area contributed by atoms with Crippen LogP contribution in [-0.4, -0.2) is 35.3 Å². The number of halogens is 3. The number of ether oxygens (including phenoxy) is 1. The largest absolute Gasteiger partial charge is 0.489 e.